The highest BCUT2D eigenvalue weighted by molar-refractivity contribution is 6.34. The third-order valence-electron chi connectivity index (χ3n) is 12.0. The van der Waals surface area contributed by atoms with Gasteiger partial charge in [0.1, 0.15) is 18.0 Å². The van der Waals surface area contributed by atoms with E-state index < -0.39 is 0 Å². The summed E-state index contributed by atoms with van der Waals surface area (Å²) in [5.41, 5.74) is 9.11. The molecule has 0 atom stereocenters. The number of carbonyl (C=O) groups is 1. The van der Waals surface area contributed by atoms with Crippen LogP contribution in [0.5, 0.6) is 11.5 Å². The first kappa shape index (κ1) is 48.6. The Bertz CT molecular complexity index is 3520. The van der Waals surface area contributed by atoms with Crippen LogP contribution in [-0.2, 0) is 11.4 Å². The van der Waals surface area contributed by atoms with Gasteiger partial charge < -0.3 is 14.4 Å². The third-order valence-corrected chi connectivity index (χ3v) is 12.6. The van der Waals surface area contributed by atoms with E-state index in [-0.39, 0.29) is 12.5 Å². The summed E-state index contributed by atoms with van der Waals surface area (Å²) in [6.07, 6.45) is 8.27. The second-order valence-electron chi connectivity index (χ2n) is 16.6. The molecule has 12 heteroatoms. The molecule has 0 unspecified atom stereocenters. The Morgan fingerprint density at radius 3 is 1.40 bits per heavy atom. The number of methoxy groups -OCH3 is 2. The number of nitrogens with zero attached hydrogens (tertiary/aromatic N) is 6. The monoisotopic (exact) mass is 986 g/mol. The molecule has 1 amide bonds. The van der Waals surface area contributed by atoms with Gasteiger partial charge >= 0.3 is 0 Å². The molecule has 0 spiro atoms. The predicted molar refractivity (Wildman–Crippen MR) is 295 cm³/mol. The van der Waals surface area contributed by atoms with E-state index in [1.165, 1.54) is 12.0 Å². The van der Waals surface area contributed by atoms with Crippen LogP contribution in [0.2, 0.25) is 10.0 Å². The van der Waals surface area contributed by atoms with Crippen LogP contribution in [0.3, 0.4) is 0 Å². The van der Waals surface area contributed by atoms with Crippen LogP contribution in [0, 0.1) is 0 Å². The molecule has 0 aromatic heterocycles. The number of hydrogen-bond donors (Lipinski definition) is 0. The molecule has 72 heavy (non-hydrogen) atoms. The highest BCUT2D eigenvalue weighted by atomic mass is 35.5. The Morgan fingerprint density at radius 1 is 0.500 bits per heavy atom. The van der Waals surface area contributed by atoms with Gasteiger partial charge in [0.2, 0.25) is 0 Å². The normalized spacial score (nSPS) is 11.7. The van der Waals surface area contributed by atoms with E-state index in [0.717, 1.165) is 55.0 Å². The number of fused-ring (bicyclic) bond motifs is 2. The summed E-state index contributed by atoms with van der Waals surface area (Å²) < 4.78 is 11.8. The molecule has 9 aromatic rings. The summed E-state index contributed by atoms with van der Waals surface area (Å²) in [6, 6.07) is 58.3. The van der Waals surface area contributed by atoms with Crippen LogP contribution in [0.4, 0.5) is 34.1 Å². The molecule has 9 aromatic carbocycles. The molecule has 0 radical (unpaired) electrons. The summed E-state index contributed by atoms with van der Waals surface area (Å²) in [7, 11) is 6.66. The second kappa shape index (κ2) is 22.6. The van der Waals surface area contributed by atoms with E-state index in [4.69, 9.17) is 42.6 Å². The number of para-hydroxylation sites is 2. The first-order valence-electron chi connectivity index (χ1n) is 23.0. The van der Waals surface area contributed by atoms with Crippen molar-refractivity contribution >= 4 is 109 Å². The molecule has 0 N–H and O–H groups in total. The van der Waals surface area contributed by atoms with Gasteiger partial charge in [0.25, 0.3) is 5.91 Å². The molecule has 10 nitrogen and oxygen atoms in total. The van der Waals surface area contributed by atoms with Crippen LogP contribution in [0.15, 0.2) is 202 Å². The van der Waals surface area contributed by atoms with Crippen LogP contribution >= 0.6 is 23.2 Å². The predicted octanol–water partition coefficient (Wildman–Crippen LogP) is 17.3. The van der Waals surface area contributed by atoms with E-state index in [1.54, 1.807) is 31.4 Å². The first-order valence-corrected chi connectivity index (χ1v) is 23.7. The third kappa shape index (κ3) is 11.1. The van der Waals surface area contributed by atoms with E-state index in [0.29, 0.717) is 55.5 Å². The van der Waals surface area contributed by atoms with Crippen molar-refractivity contribution in [3.8, 4) is 11.5 Å². The number of benzene rings is 9. The number of halogens is 2. The van der Waals surface area contributed by atoms with E-state index in [2.05, 4.69) is 63.9 Å². The minimum Gasteiger partial charge on any atom is -0.494 e. The zero-order valence-corrected chi connectivity index (χ0v) is 41.4. The molecular weight excluding hydrogens is 940 g/mol. The molecule has 0 aliphatic carbocycles. The van der Waals surface area contributed by atoms with Crippen LogP contribution < -0.4 is 19.4 Å². The average molecular weight is 988 g/mol. The van der Waals surface area contributed by atoms with Crippen molar-refractivity contribution in [1.29, 1.82) is 0 Å². The Morgan fingerprint density at radius 2 is 0.917 bits per heavy atom. The number of carbonyl (C=O) groups excluding carboxylic acids is 1. The lowest BCUT2D eigenvalue weighted by Gasteiger charge is -2.21. The molecule has 0 saturated carbocycles. The number of rotatable bonds is 16. The number of hydrogen-bond acceptors (Lipinski definition) is 9. The fraction of sp³-hybridized carbons (Fsp3) is 0.0833. The van der Waals surface area contributed by atoms with Gasteiger partial charge in [-0.2, -0.15) is 10.2 Å². The van der Waals surface area contributed by atoms with Gasteiger partial charge in [-0.1, -0.05) is 169 Å². The lowest BCUT2D eigenvalue weighted by Crippen LogP contribution is -2.27. The molecule has 356 valence electrons. The Hall–Kier alpha value is -8.41. The SMILES string of the molecule is COc1c(CON(C)c2ccccc2Cl)cc2ccccc2c1N=Nc1ccc(C=Cc2ccc(C=Cc3ccc(N=Nc4c(OC)c(C(=O)N(C)c5ccccc5Cl)cc5ccccc45)cc3)cc2)cc1. The van der Waals surface area contributed by atoms with Gasteiger partial charge in [-0.15, -0.1) is 10.2 Å². The lowest BCUT2D eigenvalue weighted by atomic mass is 10.0. The number of anilines is 2. The van der Waals surface area contributed by atoms with E-state index in [1.807, 2.05) is 153 Å². The van der Waals surface area contributed by atoms with Gasteiger partial charge in [-0.05, 0) is 93.7 Å². The number of azo groups is 2. The largest absolute Gasteiger partial charge is 0.494 e. The fourth-order valence-electron chi connectivity index (χ4n) is 8.15. The molecule has 0 aliphatic rings. The first-order chi connectivity index (χ1) is 35.2. The summed E-state index contributed by atoms with van der Waals surface area (Å²) in [5.74, 6) is 0.629. The zero-order chi connectivity index (χ0) is 50.0. The maximum atomic E-state index is 13.9. The van der Waals surface area contributed by atoms with Crippen molar-refractivity contribution in [3.63, 3.8) is 0 Å². The maximum Gasteiger partial charge on any atom is 0.261 e. The molecular formula is C60H48Cl2N6O4. The van der Waals surface area contributed by atoms with Crippen LogP contribution in [0.1, 0.15) is 38.2 Å². The quantitative estimate of drug-likeness (QED) is 0.0545. The molecule has 0 bridgehead atoms. The summed E-state index contributed by atoms with van der Waals surface area (Å²) in [6.45, 7) is 0.231. The topological polar surface area (TPSA) is 101 Å². The highest BCUT2D eigenvalue weighted by Gasteiger charge is 2.24. The molecule has 0 heterocycles. The summed E-state index contributed by atoms with van der Waals surface area (Å²) in [5, 5.41) is 24.8. The van der Waals surface area contributed by atoms with Gasteiger partial charge in [0.05, 0.1) is 52.6 Å². The standard InChI is InChI=1S/C60H48Cl2N6O4/c1-67(54-19-11-9-17-52(54)61)60(69)51-38-45-14-6-8-16-50(45)57(59(51)71-4)66-64-48-35-31-43(32-36-48)28-26-41-23-21-40(22-24-41)25-27-42-29-33-47(34-30-42)63-65-56-49-15-7-5-13-44(49)37-46(58(56)70-3)39-72-68(2)55-20-12-10-18-53(55)62/h5-38H,39H2,1-4H3. The molecule has 9 rings (SSSR count). The molecule has 0 saturated heterocycles. The zero-order valence-electron chi connectivity index (χ0n) is 39.9. The minimum absolute atomic E-state index is 0.231. The van der Waals surface area contributed by atoms with Crippen LogP contribution in [0.25, 0.3) is 45.8 Å². The van der Waals surface area contributed by atoms with Gasteiger partial charge in [-0.25, -0.2) is 0 Å². The Balaban J connectivity index is 0.834. The van der Waals surface area contributed by atoms with Crippen molar-refractivity contribution < 1.29 is 19.1 Å². The van der Waals surface area contributed by atoms with Crippen molar-refractivity contribution in [2.75, 3.05) is 38.3 Å². The minimum atomic E-state index is -0.287. The van der Waals surface area contributed by atoms with Crippen molar-refractivity contribution in [2.45, 2.75) is 6.61 Å². The van der Waals surface area contributed by atoms with Crippen molar-refractivity contribution in [2.24, 2.45) is 20.5 Å². The summed E-state index contributed by atoms with van der Waals surface area (Å²) >= 11 is 12.9. The van der Waals surface area contributed by atoms with Crippen LogP contribution in [-0.4, -0.2) is 34.2 Å². The summed E-state index contributed by atoms with van der Waals surface area (Å²) in [4.78, 5) is 21.5. The van der Waals surface area contributed by atoms with Crippen molar-refractivity contribution in [3.05, 3.63) is 225 Å². The van der Waals surface area contributed by atoms with E-state index in [9.17, 15) is 4.79 Å². The van der Waals surface area contributed by atoms with Gasteiger partial charge in [0.15, 0.2) is 11.5 Å². The van der Waals surface area contributed by atoms with Crippen molar-refractivity contribution in [1.82, 2.24) is 0 Å². The average Bonchev–Trinajstić information content (AvgIpc) is 3.42. The Kier molecular flexibility index (Phi) is 15.2. The number of amides is 1. The van der Waals surface area contributed by atoms with E-state index >= 15 is 0 Å². The van der Waals surface area contributed by atoms with Gasteiger partial charge in [-0.3, -0.25) is 14.7 Å². The fourth-order valence-corrected chi connectivity index (χ4v) is 8.67. The number of hydroxylamine groups is 1. The lowest BCUT2D eigenvalue weighted by molar-refractivity contribution is 0.0990. The smallest absolute Gasteiger partial charge is 0.261 e. The van der Waals surface area contributed by atoms with Gasteiger partial charge in [0, 0.05) is 30.4 Å². The molecule has 0 fully saturated rings. The molecule has 0 aliphatic heterocycles. The Labute approximate surface area is 428 Å². The second-order valence-corrected chi connectivity index (χ2v) is 17.4. The maximum absolute atomic E-state index is 13.9. The highest BCUT2D eigenvalue weighted by Crippen LogP contribution is 2.43. The number of ether oxygens (including phenoxy) is 2.